The quantitative estimate of drug-likeness (QED) is 0.485. The standard InChI is InChI=1S/C12H11BrO3/c1-8(12(15)16-2)7-11(14)9-3-5-10(13)6-4-9/h3-6H,1,7H2,2H3. The lowest BCUT2D eigenvalue weighted by Gasteiger charge is -2.03. The molecule has 1 aromatic carbocycles. The van der Waals surface area contributed by atoms with Crippen molar-refractivity contribution in [1.82, 2.24) is 0 Å². The van der Waals surface area contributed by atoms with Crippen molar-refractivity contribution in [2.45, 2.75) is 6.42 Å². The molecular weight excluding hydrogens is 272 g/mol. The van der Waals surface area contributed by atoms with Gasteiger partial charge < -0.3 is 4.74 Å². The maximum absolute atomic E-state index is 11.7. The van der Waals surface area contributed by atoms with E-state index in [1.54, 1.807) is 24.3 Å². The largest absolute Gasteiger partial charge is 0.466 e. The number of esters is 1. The van der Waals surface area contributed by atoms with E-state index in [9.17, 15) is 9.59 Å². The molecule has 0 spiro atoms. The van der Waals surface area contributed by atoms with E-state index in [4.69, 9.17) is 0 Å². The summed E-state index contributed by atoms with van der Waals surface area (Å²) in [5.74, 6) is -0.701. The molecule has 0 saturated heterocycles. The fraction of sp³-hybridized carbons (Fsp3) is 0.167. The number of carbonyl (C=O) groups is 2. The van der Waals surface area contributed by atoms with Crippen LogP contribution in [0.3, 0.4) is 0 Å². The number of rotatable bonds is 4. The first kappa shape index (κ1) is 12.6. The van der Waals surface area contributed by atoms with Gasteiger partial charge in [0.1, 0.15) is 0 Å². The first-order valence-corrected chi connectivity index (χ1v) is 5.38. The van der Waals surface area contributed by atoms with E-state index in [0.29, 0.717) is 5.56 Å². The number of methoxy groups -OCH3 is 1. The molecule has 84 valence electrons. The molecule has 0 aliphatic heterocycles. The highest BCUT2D eigenvalue weighted by Crippen LogP contribution is 2.14. The highest BCUT2D eigenvalue weighted by atomic mass is 79.9. The van der Waals surface area contributed by atoms with Gasteiger partial charge in [0.25, 0.3) is 0 Å². The third-order valence-corrected chi connectivity index (χ3v) is 2.54. The van der Waals surface area contributed by atoms with E-state index in [1.165, 1.54) is 7.11 Å². The molecular formula is C12H11BrO3. The minimum Gasteiger partial charge on any atom is -0.466 e. The van der Waals surface area contributed by atoms with Gasteiger partial charge in [0.2, 0.25) is 0 Å². The molecule has 1 rings (SSSR count). The van der Waals surface area contributed by atoms with Crippen molar-refractivity contribution in [3.63, 3.8) is 0 Å². The van der Waals surface area contributed by atoms with E-state index in [1.807, 2.05) is 0 Å². The van der Waals surface area contributed by atoms with Crippen LogP contribution in [-0.4, -0.2) is 18.9 Å². The van der Waals surface area contributed by atoms with Crippen molar-refractivity contribution in [2.75, 3.05) is 7.11 Å². The summed E-state index contributed by atoms with van der Waals surface area (Å²) in [6, 6.07) is 6.93. The molecule has 0 aliphatic rings. The van der Waals surface area contributed by atoms with Gasteiger partial charge in [-0.25, -0.2) is 4.79 Å². The number of benzene rings is 1. The van der Waals surface area contributed by atoms with Gasteiger partial charge in [0.05, 0.1) is 7.11 Å². The van der Waals surface area contributed by atoms with E-state index in [2.05, 4.69) is 27.2 Å². The minimum atomic E-state index is -0.550. The van der Waals surface area contributed by atoms with Crippen molar-refractivity contribution >= 4 is 27.7 Å². The van der Waals surface area contributed by atoms with Gasteiger partial charge in [-0.05, 0) is 12.1 Å². The SMILES string of the molecule is C=C(CC(=O)c1ccc(Br)cc1)C(=O)OC. The van der Waals surface area contributed by atoms with Gasteiger partial charge in [-0.3, -0.25) is 4.79 Å². The number of carbonyl (C=O) groups excluding carboxylic acids is 2. The maximum atomic E-state index is 11.7. The molecule has 4 heteroatoms. The average Bonchev–Trinajstić information content (AvgIpc) is 2.28. The summed E-state index contributed by atoms with van der Waals surface area (Å²) in [5.41, 5.74) is 0.712. The fourth-order valence-corrected chi connectivity index (χ4v) is 1.41. The first-order valence-electron chi connectivity index (χ1n) is 4.59. The van der Waals surface area contributed by atoms with Gasteiger partial charge in [0.15, 0.2) is 5.78 Å². The van der Waals surface area contributed by atoms with E-state index in [0.717, 1.165) is 4.47 Å². The topological polar surface area (TPSA) is 43.4 Å². The molecule has 0 bridgehead atoms. The predicted molar refractivity (Wildman–Crippen MR) is 64.2 cm³/mol. The first-order chi connectivity index (χ1) is 7.54. The molecule has 0 aliphatic carbocycles. The Labute approximate surface area is 102 Å². The van der Waals surface area contributed by atoms with Crippen LogP contribution in [0.15, 0.2) is 40.9 Å². The van der Waals surface area contributed by atoms with Gasteiger partial charge in [-0.15, -0.1) is 0 Å². The Bertz CT molecular complexity index is 420. The van der Waals surface area contributed by atoms with Crippen molar-refractivity contribution in [2.24, 2.45) is 0 Å². The van der Waals surface area contributed by atoms with Crippen LogP contribution in [0, 0.1) is 0 Å². The van der Waals surface area contributed by atoms with Crippen LogP contribution in [0.5, 0.6) is 0 Å². The number of ketones is 1. The Morgan fingerprint density at radius 1 is 1.31 bits per heavy atom. The summed E-state index contributed by atoms with van der Waals surface area (Å²) in [7, 11) is 1.26. The summed E-state index contributed by atoms with van der Waals surface area (Å²) >= 11 is 3.28. The smallest absolute Gasteiger partial charge is 0.333 e. The lowest BCUT2D eigenvalue weighted by Crippen LogP contribution is -2.09. The van der Waals surface area contributed by atoms with Crippen LogP contribution in [0.1, 0.15) is 16.8 Å². The molecule has 0 fully saturated rings. The normalized spacial score (nSPS) is 9.62. The van der Waals surface area contributed by atoms with Crippen LogP contribution in [0.2, 0.25) is 0 Å². The van der Waals surface area contributed by atoms with Crippen LogP contribution >= 0.6 is 15.9 Å². The van der Waals surface area contributed by atoms with Crippen molar-refractivity contribution in [1.29, 1.82) is 0 Å². The third-order valence-electron chi connectivity index (χ3n) is 2.01. The van der Waals surface area contributed by atoms with E-state index >= 15 is 0 Å². The number of Topliss-reactive ketones (excluding diaryl/α,β-unsaturated/α-hetero) is 1. The van der Waals surface area contributed by atoms with Crippen LogP contribution in [0.4, 0.5) is 0 Å². The van der Waals surface area contributed by atoms with Gasteiger partial charge in [-0.1, -0.05) is 34.6 Å². The molecule has 0 unspecified atom stereocenters. The van der Waals surface area contributed by atoms with E-state index in [-0.39, 0.29) is 17.8 Å². The minimum absolute atomic E-state index is 0.0195. The van der Waals surface area contributed by atoms with E-state index < -0.39 is 5.97 Å². The number of hydrogen-bond donors (Lipinski definition) is 0. The zero-order valence-corrected chi connectivity index (χ0v) is 10.4. The number of hydrogen-bond acceptors (Lipinski definition) is 3. The fourth-order valence-electron chi connectivity index (χ4n) is 1.15. The zero-order chi connectivity index (χ0) is 12.1. The molecule has 1 aromatic rings. The molecule has 0 aromatic heterocycles. The Morgan fingerprint density at radius 3 is 2.38 bits per heavy atom. The van der Waals surface area contributed by atoms with Crippen LogP contribution < -0.4 is 0 Å². The Hall–Kier alpha value is -1.42. The molecule has 0 saturated carbocycles. The summed E-state index contributed by atoms with van der Waals surface area (Å²) in [6.07, 6.45) is -0.0195. The molecule has 3 nitrogen and oxygen atoms in total. The third kappa shape index (κ3) is 3.31. The van der Waals surface area contributed by atoms with Gasteiger partial charge >= 0.3 is 5.97 Å². The molecule has 0 heterocycles. The van der Waals surface area contributed by atoms with Gasteiger partial charge in [-0.2, -0.15) is 0 Å². The lowest BCUT2D eigenvalue weighted by molar-refractivity contribution is -0.136. The summed E-state index contributed by atoms with van der Waals surface area (Å²) in [5, 5.41) is 0. The zero-order valence-electron chi connectivity index (χ0n) is 8.83. The Morgan fingerprint density at radius 2 is 1.88 bits per heavy atom. The highest BCUT2D eigenvalue weighted by molar-refractivity contribution is 9.10. The average molecular weight is 283 g/mol. The second-order valence-corrected chi connectivity index (χ2v) is 4.12. The second-order valence-electron chi connectivity index (χ2n) is 3.20. The Balaban J connectivity index is 2.69. The summed E-state index contributed by atoms with van der Waals surface area (Å²) < 4.78 is 5.37. The molecule has 0 atom stereocenters. The van der Waals surface area contributed by atoms with Crippen LogP contribution in [-0.2, 0) is 9.53 Å². The van der Waals surface area contributed by atoms with Crippen molar-refractivity contribution in [3.8, 4) is 0 Å². The number of ether oxygens (including phenoxy) is 1. The monoisotopic (exact) mass is 282 g/mol. The van der Waals surface area contributed by atoms with Crippen molar-refractivity contribution in [3.05, 3.63) is 46.5 Å². The number of halogens is 1. The molecule has 0 radical (unpaired) electrons. The maximum Gasteiger partial charge on any atom is 0.333 e. The van der Waals surface area contributed by atoms with Gasteiger partial charge in [0, 0.05) is 22.0 Å². The predicted octanol–water partition coefficient (Wildman–Crippen LogP) is 2.75. The summed E-state index contributed by atoms with van der Waals surface area (Å²) in [4.78, 5) is 22.8. The molecule has 0 amide bonds. The summed E-state index contributed by atoms with van der Waals surface area (Å²) in [6.45, 7) is 3.50. The Kier molecular flexibility index (Phi) is 4.43. The molecule has 0 N–H and O–H groups in total. The van der Waals surface area contributed by atoms with Crippen molar-refractivity contribution < 1.29 is 14.3 Å². The van der Waals surface area contributed by atoms with Crippen LogP contribution in [0.25, 0.3) is 0 Å². The molecule has 16 heavy (non-hydrogen) atoms. The lowest BCUT2D eigenvalue weighted by atomic mass is 10.0. The highest BCUT2D eigenvalue weighted by Gasteiger charge is 2.13. The second kappa shape index (κ2) is 5.61.